The summed E-state index contributed by atoms with van der Waals surface area (Å²) in [5, 5.41) is 10.2. The number of carbonyl (C=O) groups is 1. The van der Waals surface area contributed by atoms with E-state index >= 15 is 0 Å². The Kier molecular flexibility index (Phi) is 6.17. The van der Waals surface area contributed by atoms with E-state index in [2.05, 4.69) is 0 Å². The predicted molar refractivity (Wildman–Crippen MR) is 90.6 cm³/mol. The molecular formula is C16H10Cl2F3NO5. The minimum atomic E-state index is -4.66. The fraction of sp³-hybridized carbons (Fsp3) is 0.188. The topological polar surface area (TPSA) is 78.7 Å². The number of ether oxygens (including phenoxy) is 2. The van der Waals surface area contributed by atoms with Crippen LogP contribution in [0.25, 0.3) is 0 Å². The zero-order valence-electron chi connectivity index (χ0n) is 13.5. The number of esters is 1. The van der Waals surface area contributed by atoms with Crippen LogP contribution in [0.5, 0.6) is 11.5 Å². The lowest BCUT2D eigenvalue weighted by atomic mass is 10.1. The Morgan fingerprint density at radius 1 is 1.19 bits per heavy atom. The van der Waals surface area contributed by atoms with Crippen molar-refractivity contribution < 1.29 is 32.4 Å². The Morgan fingerprint density at radius 3 is 2.26 bits per heavy atom. The first kappa shape index (κ1) is 20.8. The summed E-state index contributed by atoms with van der Waals surface area (Å²) in [6, 6.07) is 4.40. The average Bonchev–Trinajstić information content (AvgIpc) is 2.57. The van der Waals surface area contributed by atoms with Gasteiger partial charge in [0.2, 0.25) is 0 Å². The van der Waals surface area contributed by atoms with Crippen LogP contribution in [0.3, 0.4) is 0 Å². The van der Waals surface area contributed by atoms with Gasteiger partial charge < -0.3 is 9.47 Å². The number of alkyl halides is 3. The Bertz CT molecular complexity index is 879. The molecule has 0 aromatic heterocycles. The minimum Gasteiger partial charge on any atom is -0.462 e. The zero-order chi connectivity index (χ0) is 20.4. The van der Waals surface area contributed by atoms with E-state index in [1.165, 1.54) is 6.92 Å². The highest BCUT2D eigenvalue weighted by Gasteiger charge is 2.32. The maximum Gasteiger partial charge on any atom is 0.416 e. The smallest absolute Gasteiger partial charge is 0.416 e. The van der Waals surface area contributed by atoms with Crippen LogP contribution < -0.4 is 4.74 Å². The van der Waals surface area contributed by atoms with E-state index in [9.17, 15) is 28.1 Å². The largest absolute Gasteiger partial charge is 0.462 e. The zero-order valence-corrected chi connectivity index (χ0v) is 15.0. The minimum absolute atomic E-state index is 0.0162. The predicted octanol–water partition coefficient (Wildman–Crippen LogP) is 5.89. The van der Waals surface area contributed by atoms with Crippen molar-refractivity contribution in [3.8, 4) is 11.5 Å². The second kappa shape index (κ2) is 8.01. The van der Waals surface area contributed by atoms with Gasteiger partial charge in [0, 0.05) is 12.1 Å². The summed E-state index contributed by atoms with van der Waals surface area (Å²) < 4.78 is 48.4. The first-order valence-corrected chi connectivity index (χ1v) is 7.99. The van der Waals surface area contributed by atoms with Crippen LogP contribution in [-0.2, 0) is 10.9 Å². The van der Waals surface area contributed by atoms with E-state index in [1.807, 2.05) is 0 Å². The molecule has 144 valence electrons. The molecule has 0 saturated carbocycles. The third kappa shape index (κ3) is 4.81. The van der Waals surface area contributed by atoms with Crippen molar-refractivity contribution in [2.24, 2.45) is 0 Å². The molecule has 0 spiro atoms. The van der Waals surface area contributed by atoms with Crippen molar-refractivity contribution in [3.63, 3.8) is 0 Å². The van der Waals surface area contributed by atoms with E-state index in [4.69, 9.17) is 32.7 Å². The van der Waals surface area contributed by atoms with Crippen LogP contribution in [0, 0.1) is 10.1 Å². The Labute approximate surface area is 160 Å². The fourth-order valence-corrected chi connectivity index (χ4v) is 2.61. The molecule has 0 saturated heterocycles. The van der Waals surface area contributed by atoms with Gasteiger partial charge in [0.15, 0.2) is 5.75 Å². The van der Waals surface area contributed by atoms with Gasteiger partial charge in [-0.2, -0.15) is 13.2 Å². The third-order valence-electron chi connectivity index (χ3n) is 3.21. The third-order valence-corrected chi connectivity index (χ3v) is 3.77. The molecule has 2 aromatic carbocycles. The summed E-state index contributed by atoms with van der Waals surface area (Å²) in [6.07, 6.45) is -4.66. The number of rotatable bonds is 5. The molecule has 0 unspecified atom stereocenters. The van der Waals surface area contributed by atoms with Gasteiger partial charge in [0.25, 0.3) is 5.69 Å². The molecule has 2 rings (SSSR count). The monoisotopic (exact) mass is 423 g/mol. The molecule has 0 bridgehead atoms. The molecule has 2 aromatic rings. The molecule has 0 heterocycles. The van der Waals surface area contributed by atoms with Crippen molar-refractivity contribution >= 4 is 34.9 Å². The fourth-order valence-electron chi connectivity index (χ4n) is 2.05. The van der Waals surface area contributed by atoms with Crippen molar-refractivity contribution in [1.82, 2.24) is 0 Å². The molecule has 0 amide bonds. The maximum atomic E-state index is 12.8. The second-order valence-corrected chi connectivity index (χ2v) is 5.84. The molecule has 0 fully saturated rings. The molecule has 0 aliphatic heterocycles. The quantitative estimate of drug-likeness (QED) is 0.340. The number of nitro benzene ring substituents is 1. The van der Waals surface area contributed by atoms with Crippen LogP contribution in [0.1, 0.15) is 22.8 Å². The van der Waals surface area contributed by atoms with Gasteiger partial charge in [-0.15, -0.1) is 0 Å². The second-order valence-electron chi connectivity index (χ2n) is 5.03. The molecule has 11 heteroatoms. The highest BCUT2D eigenvalue weighted by molar-refractivity contribution is 6.37. The number of hydrogen-bond donors (Lipinski definition) is 0. The van der Waals surface area contributed by atoms with Crippen LogP contribution in [0.15, 0.2) is 30.3 Å². The van der Waals surface area contributed by atoms with Crippen molar-refractivity contribution in [2.45, 2.75) is 13.1 Å². The van der Waals surface area contributed by atoms with E-state index in [0.717, 1.165) is 18.2 Å². The molecule has 27 heavy (non-hydrogen) atoms. The lowest BCUT2D eigenvalue weighted by molar-refractivity contribution is -0.385. The summed E-state index contributed by atoms with van der Waals surface area (Å²) in [5.41, 5.74) is -1.98. The summed E-state index contributed by atoms with van der Waals surface area (Å²) in [7, 11) is 0. The molecule has 0 radical (unpaired) electrons. The van der Waals surface area contributed by atoms with Crippen LogP contribution in [0.2, 0.25) is 10.0 Å². The molecule has 0 atom stereocenters. The Hall–Kier alpha value is -2.52. The number of benzene rings is 2. The molecule has 0 N–H and O–H groups in total. The number of halogens is 5. The number of nitrogens with zero attached hydrogens (tertiary/aromatic N) is 1. The lowest BCUT2D eigenvalue weighted by Gasteiger charge is -2.13. The summed E-state index contributed by atoms with van der Waals surface area (Å²) >= 11 is 11.6. The lowest BCUT2D eigenvalue weighted by Crippen LogP contribution is -2.08. The summed E-state index contributed by atoms with van der Waals surface area (Å²) in [6.45, 7) is 1.50. The van der Waals surface area contributed by atoms with Gasteiger partial charge in [0.05, 0.1) is 27.1 Å². The Morgan fingerprint density at radius 2 is 1.78 bits per heavy atom. The van der Waals surface area contributed by atoms with Crippen molar-refractivity contribution in [1.29, 1.82) is 0 Å². The van der Waals surface area contributed by atoms with Crippen LogP contribution in [0.4, 0.5) is 18.9 Å². The van der Waals surface area contributed by atoms with E-state index in [0.29, 0.717) is 12.1 Å². The van der Waals surface area contributed by atoms with Gasteiger partial charge >= 0.3 is 12.1 Å². The van der Waals surface area contributed by atoms with Crippen molar-refractivity contribution in [2.75, 3.05) is 6.61 Å². The van der Waals surface area contributed by atoms with Crippen molar-refractivity contribution in [3.05, 3.63) is 61.6 Å². The van der Waals surface area contributed by atoms with Gasteiger partial charge in [-0.25, -0.2) is 4.79 Å². The first-order valence-electron chi connectivity index (χ1n) is 7.24. The summed E-state index contributed by atoms with van der Waals surface area (Å²) in [5.74, 6) is -1.36. The molecule has 0 aliphatic carbocycles. The van der Waals surface area contributed by atoms with Crippen LogP contribution >= 0.6 is 23.2 Å². The normalized spacial score (nSPS) is 11.2. The van der Waals surface area contributed by atoms with Gasteiger partial charge in [-0.1, -0.05) is 23.2 Å². The molecule has 6 nitrogen and oxygen atoms in total. The molecule has 0 aliphatic rings. The molecular weight excluding hydrogens is 414 g/mol. The van der Waals surface area contributed by atoms with Gasteiger partial charge in [-0.05, 0) is 25.1 Å². The van der Waals surface area contributed by atoms with Gasteiger partial charge in [-0.3, -0.25) is 10.1 Å². The summed E-state index contributed by atoms with van der Waals surface area (Å²) in [4.78, 5) is 22.2. The standard InChI is InChI=1S/C16H10Cl2F3NO5/c1-2-26-15(23)10-7-9(3-4-13(10)22(24)25)27-14-11(17)5-8(6-12(14)18)16(19,20)21/h3-7H,2H2,1H3. The number of hydrogen-bond acceptors (Lipinski definition) is 5. The first-order chi connectivity index (χ1) is 12.5. The number of nitro groups is 1. The maximum absolute atomic E-state index is 12.8. The van der Waals surface area contributed by atoms with E-state index in [1.54, 1.807) is 0 Å². The highest BCUT2D eigenvalue weighted by atomic mass is 35.5. The number of carbonyl (C=O) groups excluding carboxylic acids is 1. The van der Waals surface area contributed by atoms with E-state index < -0.39 is 43.9 Å². The average molecular weight is 424 g/mol. The highest BCUT2D eigenvalue weighted by Crippen LogP contribution is 2.42. The Balaban J connectivity index is 2.45. The SMILES string of the molecule is CCOC(=O)c1cc(Oc2c(Cl)cc(C(F)(F)F)cc2Cl)ccc1[N+](=O)[O-]. The van der Waals surface area contributed by atoms with Gasteiger partial charge in [0.1, 0.15) is 11.3 Å². The van der Waals surface area contributed by atoms with Crippen LogP contribution in [-0.4, -0.2) is 17.5 Å². The van der Waals surface area contributed by atoms with E-state index in [-0.39, 0.29) is 18.1 Å².